The summed E-state index contributed by atoms with van der Waals surface area (Å²) in [5.74, 6) is 0.211. The van der Waals surface area contributed by atoms with Crippen LogP contribution in [0.3, 0.4) is 0 Å². The number of anilines is 1. The average molecular weight is 280 g/mol. The maximum atomic E-state index is 13.3. The van der Waals surface area contributed by atoms with Gasteiger partial charge in [0.15, 0.2) is 11.0 Å². The number of hydrogen-bond acceptors (Lipinski definition) is 4. The molecule has 3 aromatic rings. The third kappa shape index (κ3) is 1.86. The second-order valence-corrected chi connectivity index (χ2v) is 5.07. The summed E-state index contributed by atoms with van der Waals surface area (Å²) in [6, 6.07) is 6.80. The SMILES string of the molecule is Cc1nc(N)sc1-c1nc2ccccc2n1C(F)F. The van der Waals surface area contributed by atoms with Crippen LogP contribution in [0.15, 0.2) is 24.3 Å². The zero-order valence-electron chi connectivity index (χ0n) is 9.97. The number of benzene rings is 1. The summed E-state index contributed by atoms with van der Waals surface area (Å²) in [5, 5.41) is 0.348. The highest BCUT2D eigenvalue weighted by atomic mass is 32.1. The molecular weight excluding hydrogens is 270 g/mol. The van der Waals surface area contributed by atoms with E-state index in [1.54, 1.807) is 31.2 Å². The maximum Gasteiger partial charge on any atom is 0.320 e. The van der Waals surface area contributed by atoms with E-state index in [0.717, 1.165) is 15.9 Å². The van der Waals surface area contributed by atoms with Crippen molar-refractivity contribution < 1.29 is 8.78 Å². The van der Waals surface area contributed by atoms with Gasteiger partial charge in [-0.1, -0.05) is 23.5 Å². The first-order chi connectivity index (χ1) is 9.08. The van der Waals surface area contributed by atoms with Crippen LogP contribution < -0.4 is 5.73 Å². The molecule has 0 spiro atoms. The fraction of sp³-hybridized carbons (Fsp3) is 0.167. The molecule has 0 fully saturated rings. The lowest BCUT2D eigenvalue weighted by atomic mass is 10.3. The van der Waals surface area contributed by atoms with E-state index in [0.29, 0.717) is 26.7 Å². The zero-order chi connectivity index (χ0) is 13.6. The minimum Gasteiger partial charge on any atom is -0.375 e. The molecule has 0 saturated carbocycles. The Balaban J connectivity index is 2.34. The lowest BCUT2D eigenvalue weighted by molar-refractivity contribution is 0.0765. The Hall–Kier alpha value is -2.02. The second kappa shape index (κ2) is 4.27. The Kier molecular flexibility index (Phi) is 2.70. The minimum absolute atomic E-state index is 0.211. The predicted octanol–water partition coefficient (Wildman–Crippen LogP) is 3.45. The number of para-hydroxylation sites is 2. The van der Waals surface area contributed by atoms with Crippen LogP contribution >= 0.6 is 11.3 Å². The van der Waals surface area contributed by atoms with Crippen molar-refractivity contribution in [2.75, 3.05) is 5.73 Å². The first-order valence-electron chi connectivity index (χ1n) is 5.56. The van der Waals surface area contributed by atoms with Gasteiger partial charge in [0.05, 0.1) is 21.6 Å². The number of nitrogen functional groups attached to an aromatic ring is 1. The predicted molar refractivity (Wildman–Crippen MR) is 71.2 cm³/mol. The molecule has 0 aliphatic carbocycles. The summed E-state index contributed by atoms with van der Waals surface area (Å²) in [6.45, 7) is -0.928. The van der Waals surface area contributed by atoms with Crippen molar-refractivity contribution >= 4 is 27.5 Å². The number of alkyl halides is 2. The Morgan fingerprint density at radius 3 is 2.63 bits per heavy atom. The number of aromatic nitrogens is 3. The molecule has 0 unspecified atom stereocenters. The van der Waals surface area contributed by atoms with Crippen molar-refractivity contribution in [3.05, 3.63) is 30.0 Å². The summed E-state index contributed by atoms with van der Waals surface area (Å²) in [5.41, 5.74) is 7.16. The molecule has 0 saturated heterocycles. The molecule has 2 aromatic heterocycles. The van der Waals surface area contributed by atoms with E-state index in [4.69, 9.17) is 5.73 Å². The van der Waals surface area contributed by atoms with Crippen LogP contribution in [0.5, 0.6) is 0 Å². The van der Waals surface area contributed by atoms with Crippen molar-refractivity contribution in [2.45, 2.75) is 13.5 Å². The van der Waals surface area contributed by atoms with Crippen LogP contribution in [0, 0.1) is 6.92 Å². The molecule has 3 rings (SSSR count). The molecule has 0 atom stereocenters. The van der Waals surface area contributed by atoms with Crippen LogP contribution in [-0.2, 0) is 0 Å². The minimum atomic E-state index is -2.66. The molecule has 2 N–H and O–H groups in total. The van der Waals surface area contributed by atoms with E-state index in [1.165, 1.54) is 0 Å². The molecule has 0 aliphatic heterocycles. The average Bonchev–Trinajstić information content (AvgIpc) is 2.88. The Morgan fingerprint density at radius 2 is 2.00 bits per heavy atom. The highest BCUT2D eigenvalue weighted by molar-refractivity contribution is 7.18. The molecule has 4 nitrogen and oxygen atoms in total. The highest BCUT2D eigenvalue weighted by Gasteiger charge is 2.21. The highest BCUT2D eigenvalue weighted by Crippen LogP contribution is 2.35. The van der Waals surface area contributed by atoms with E-state index >= 15 is 0 Å². The summed E-state index contributed by atoms with van der Waals surface area (Å²) < 4.78 is 27.5. The van der Waals surface area contributed by atoms with Crippen LogP contribution in [0.4, 0.5) is 13.9 Å². The standard InChI is InChI=1S/C12H10F2N4S/c1-6-9(19-12(15)16-6)10-17-7-4-2-3-5-8(7)18(10)11(13)14/h2-5,11H,1H3,(H2,15,16). The number of fused-ring (bicyclic) bond motifs is 1. The Morgan fingerprint density at radius 1 is 1.26 bits per heavy atom. The van der Waals surface area contributed by atoms with Crippen LogP contribution in [-0.4, -0.2) is 14.5 Å². The van der Waals surface area contributed by atoms with Gasteiger partial charge in [-0.25, -0.2) is 9.97 Å². The fourth-order valence-corrected chi connectivity index (χ4v) is 2.85. The van der Waals surface area contributed by atoms with Gasteiger partial charge >= 0.3 is 6.55 Å². The van der Waals surface area contributed by atoms with Gasteiger partial charge in [0.1, 0.15) is 0 Å². The van der Waals surface area contributed by atoms with Gasteiger partial charge in [-0.3, -0.25) is 4.57 Å². The summed E-state index contributed by atoms with van der Waals surface area (Å²) >= 11 is 1.16. The van der Waals surface area contributed by atoms with Gasteiger partial charge in [0.25, 0.3) is 0 Å². The molecule has 98 valence electrons. The number of nitrogens with two attached hydrogens (primary N) is 1. The molecule has 2 heterocycles. The van der Waals surface area contributed by atoms with E-state index in [2.05, 4.69) is 9.97 Å². The number of hydrogen-bond donors (Lipinski definition) is 1. The monoisotopic (exact) mass is 280 g/mol. The molecule has 0 bridgehead atoms. The first kappa shape index (κ1) is 12.0. The van der Waals surface area contributed by atoms with Gasteiger partial charge in [-0.15, -0.1) is 0 Å². The number of thiazole rings is 1. The van der Waals surface area contributed by atoms with Crippen molar-refractivity contribution in [3.63, 3.8) is 0 Å². The number of rotatable bonds is 2. The van der Waals surface area contributed by atoms with Gasteiger partial charge in [0.2, 0.25) is 0 Å². The number of imidazole rings is 1. The molecule has 0 aliphatic rings. The topological polar surface area (TPSA) is 56.7 Å². The number of halogens is 2. The molecule has 0 radical (unpaired) electrons. The van der Waals surface area contributed by atoms with Crippen LogP contribution in [0.1, 0.15) is 12.2 Å². The Bertz CT molecular complexity index is 747. The third-order valence-corrected chi connectivity index (χ3v) is 3.79. The molecule has 0 amide bonds. The van der Waals surface area contributed by atoms with E-state index in [-0.39, 0.29) is 5.82 Å². The van der Waals surface area contributed by atoms with E-state index in [1.807, 2.05) is 0 Å². The molecule has 7 heteroatoms. The van der Waals surface area contributed by atoms with Gasteiger partial charge < -0.3 is 5.73 Å². The zero-order valence-corrected chi connectivity index (χ0v) is 10.8. The summed E-state index contributed by atoms with van der Waals surface area (Å²) in [4.78, 5) is 8.91. The van der Waals surface area contributed by atoms with Crippen molar-refractivity contribution in [3.8, 4) is 10.7 Å². The van der Waals surface area contributed by atoms with Gasteiger partial charge in [-0.05, 0) is 19.1 Å². The first-order valence-corrected chi connectivity index (χ1v) is 6.38. The lowest BCUT2D eigenvalue weighted by Gasteiger charge is -2.06. The molecular formula is C12H10F2N4S. The van der Waals surface area contributed by atoms with Crippen molar-refractivity contribution in [1.29, 1.82) is 0 Å². The smallest absolute Gasteiger partial charge is 0.320 e. The fourth-order valence-electron chi connectivity index (χ4n) is 2.03. The second-order valence-electron chi connectivity index (χ2n) is 4.04. The van der Waals surface area contributed by atoms with Gasteiger partial charge in [-0.2, -0.15) is 8.78 Å². The number of nitrogens with zero attached hydrogens (tertiary/aromatic N) is 3. The van der Waals surface area contributed by atoms with Crippen molar-refractivity contribution in [1.82, 2.24) is 14.5 Å². The maximum absolute atomic E-state index is 13.3. The third-order valence-electron chi connectivity index (χ3n) is 2.81. The van der Waals surface area contributed by atoms with Crippen LogP contribution in [0.25, 0.3) is 21.7 Å². The van der Waals surface area contributed by atoms with E-state index in [9.17, 15) is 8.78 Å². The summed E-state index contributed by atoms with van der Waals surface area (Å²) in [7, 11) is 0. The Labute approximate surface area is 111 Å². The van der Waals surface area contributed by atoms with Crippen LogP contribution in [0.2, 0.25) is 0 Å². The van der Waals surface area contributed by atoms with Gasteiger partial charge in [0, 0.05) is 0 Å². The van der Waals surface area contributed by atoms with E-state index < -0.39 is 6.55 Å². The summed E-state index contributed by atoms with van der Waals surface area (Å²) in [6.07, 6.45) is 0. The molecule has 1 aromatic carbocycles. The molecule has 19 heavy (non-hydrogen) atoms. The largest absolute Gasteiger partial charge is 0.375 e. The lowest BCUT2D eigenvalue weighted by Crippen LogP contribution is -2.00. The normalized spacial score (nSPS) is 11.6. The van der Waals surface area contributed by atoms with Crippen molar-refractivity contribution in [2.24, 2.45) is 0 Å². The quantitative estimate of drug-likeness (QED) is 0.782. The number of aryl methyl sites for hydroxylation is 1.